The van der Waals surface area contributed by atoms with Crippen molar-refractivity contribution in [1.29, 1.82) is 0 Å². The molecule has 2 aromatic rings. The predicted molar refractivity (Wildman–Crippen MR) is 136 cm³/mol. The van der Waals surface area contributed by atoms with Gasteiger partial charge in [-0.25, -0.2) is 0 Å². The van der Waals surface area contributed by atoms with E-state index in [9.17, 15) is 23.1 Å². The molecule has 4 aliphatic carbocycles. The molecule has 0 amide bonds. The maximum atomic E-state index is 15.1. The summed E-state index contributed by atoms with van der Waals surface area (Å²) in [6.45, 7) is 1.47. The molecule has 7 atom stereocenters. The first kappa shape index (κ1) is 26.6. The number of fused-ring (bicyclic) bond motifs is 5. The van der Waals surface area contributed by atoms with E-state index >= 15 is 8.78 Å². The van der Waals surface area contributed by atoms with Gasteiger partial charge in [0, 0.05) is 24.2 Å². The van der Waals surface area contributed by atoms with Gasteiger partial charge in [0.25, 0.3) is 0 Å². The van der Waals surface area contributed by atoms with Crippen molar-refractivity contribution < 1.29 is 31.9 Å². The van der Waals surface area contributed by atoms with Crippen LogP contribution in [0, 0.1) is 29.1 Å². The Hall–Kier alpha value is -2.61. The van der Waals surface area contributed by atoms with Gasteiger partial charge in [-0.15, -0.1) is 0 Å². The van der Waals surface area contributed by atoms with Gasteiger partial charge in [0.15, 0.2) is 5.78 Å². The Labute approximate surface area is 224 Å². The summed E-state index contributed by atoms with van der Waals surface area (Å²) < 4.78 is 71.4. The lowest BCUT2D eigenvalue weighted by Crippen LogP contribution is -2.66. The predicted octanol–water partition coefficient (Wildman–Crippen LogP) is 7.51. The third-order valence-corrected chi connectivity index (χ3v) is 10.7. The molecule has 4 aliphatic rings. The van der Waals surface area contributed by atoms with Crippen molar-refractivity contribution >= 4 is 5.78 Å². The fraction of sp³-hybridized carbons (Fsp3) is 0.548. The summed E-state index contributed by atoms with van der Waals surface area (Å²) in [6.07, 6.45) is 1.26. The molecule has 2 unspecified atom stereocenters. The van der Waals surface area contributed by atoms with Crippen molar-refractivity contribution in [2.45, 2.75) is 75.5 Å². The minimum Gasteiger partial charge on any atom is -0.383 e. The normalized spacial score (nSPS) is 36.5. The van der Waals surface area contributed by atoms with Gasteiger partial charge < -0.3 is 5.11 Å². The number of aliphatic hydroxyl groups is 1. The zero-order chi connectivity index (χ0) is 27.8. The number of carbonyl (C=O) groups excluding carboxylic acids is 1. The minimum absolute atomic E-state index is 0.0160. The van der Waals surface area contributed by atoms with Gasteiger partial charge in [-0.1, -0.05) is 42.8 Å². The van der Waals surface area contributed by atoms with E-state index < -0.39 is 35.5 Å². The molecule has 3 saturated carbocycles. The van der Waals surface area contributed by atoms with Gasteiger partial charge in [-0.2, -0.15) is 22.0 Å². The average Bonchev–Trinajstić information content (AvgIpc) is 3.19. The van der Waals surface area contributed by atoms with E-state index in [1.807, 2.05) is 36.4 Å². The Morgan fingerprint density at radius 2 is 1.69 bits per heavy atom. The van der Waals surface area contributed by atoms with Crippen LogP contribution in [0.5, 0.6) is 0 Å². The molecule has 39 heavy (non-hydrogen) atoms. The van der Waals surface area contributed by atoms with Gasteiger partial charge >= 0.3 is 12.1 Å². The Bertz CT molecular complexity index is 1290. The summed E-state index contributed by atoms with van der Waals surface area (Å²) in [6, 6.07) is 11.5. The highest BCUT2D eigenvalue weighted by molar-refractivity contribution is 5.91. The van der Waals surface area contributed by atoms with E-state index in [0.29, 0.717) is 25.7 Å². The smallest absolute Gasteiger partial charge is 0.383 e. The number of rotatable bonds is 3. The Morgan fingerprint density at radius 3 is 2.36 bits per heavy atom. The van der Waals surface area contributed by atoms with Crippen LogP contribution >= 0.6 is 0 Å². The minimum atomic E-state index is -5.84. The van der Waals surface area contributed by atoms with Crippen LogP contribution in [0.3, 0.4) is 0 Å². The summed E-state index contributed by atoms with van der Waals surface area (Å²) in [5, 5.41) is 11.4. The Morgan fingerprint density at radius 1 is 0.949 bits per heavy atom. The van der Waals surface area contributed by atoms with E-state index in [-0.39, 0.29) is 42.3 Å². The zero-order valence-corrected chi connectivity index (χ0v) is 21.7. The SMILES string of the molecule is C[C@]12CC(c3ccc(-c4cccnc4)cc3)[C@H]3[C@@H](CCC4=CC(=O)CC[C@@H]43)[C@@H]1CCC2(O)C(F)(F)C(F)(F)F. The molecule has 0 spiro atoms. The Kier molecular flexibility index (Phi) is 6.10. The van der Waals surface area contributed by atoms with E-state index in [1.54, 1.807) is 18.5 Å². The number of nitrogens with zero attached hydrogens (tertiary/aromatic N) is 1. The topological polar surface area (TPSA) is 50.2 Å². The second kappa shape index (κ2) is 8.95. The quantitative estimate of drug-likeness (QED) is 0.406. The molecule has 0 aliphatic heterocycles. The van der Waals surface area contributed by atoms with Crippen LogP contribution in [0.2, 0.25) is 0 Å². The maximum absolute atomic E-state index is 15.1. The highest BCUT2D eigenvalue weighted by Gasteiger charge is 2.79. The molecule has 8 heteroatoms. The molecule has 0 radical (unpaired) electrons. The second-order valence-corrected chi connectivity index (χ2v) is 12.3. The summed E-state index contributed by atoms with van der Waals surface area (Å²) >= 11 is 0. The monoisotopic (exact) mass is 545 g/mol. The first-order chi connectivity index (χ1) is 18.4. The molecule has 1 aromatic heterocycles. The fourth-order valence-electron chi connectivity index (χ4n) is 8.86. The zero-order valence-electron chi connectivity index (χ0n) is 21.7. The molecule has 1 aromatic carbocycles. The third kappa shape index (κ3) is 3.84. The van der Waals surface area contributed by atoms with Crippen molar-refractivity contribution in [1.82, 2.24) is 4.98 Å². The summed E-state index contributed by atoms with van der Waals surface area (Å²) in [7, 11) is 0. The number of halogens is 5. The number of aromatic nitrogens is 1. The van der Waals surface area contributed by atoms with Gasteiger partial charge in [0.2, 0.25) is 0 Å². The Balaban J connectivity index is 1.45. The lowest BCUT2D eigenvalue weighted by Gasteiger charge is -2.59. The maximum Gasteiger partial charge on any atom is 0.456 e. The molecular formula is C31H32F5NO2. The molecule has 3 fully saturated rings. The van der Waals surface area contributed by atoms with Crippen molar-refractivity contribution in [2.75, 3.05) is 0 Å². The van der Waals surface area contributed by atoms with Gasteiger partial charge in [0.1, 0.15) is 5.60 Å². The number of ketones is 1. The molecule has 0 saturated heterocycles. The second-order valence-electron chi connectivity index (χ2n) is 12.3. The van der Waals surface area contributed by atoms with Gasteiger partial charge in [-0.05, 0) is 96.9 Å². The highest BCUT2D eigenvalue weighted by Crippen LogP contribution is 2.71. The van der Waals surface area contributed by atoms with Crippen molar-refractivity contribution in [3.05, 3.63) is 66.0 Å². The van der Waals surface area contributed by atoms with Crippen LogP contribution in [0.1, 0.15) is 63.4 Å². The van der Waals surface area contributed by atoms with Crippen molar-refractivity contribution in [3.8, 4) is 11.1 Å². The van der Waals surface area contributed by atoms with Crippen LogP contribution in [-0.4, -0.2) is 33.6 Å². The molecule has 1 N–H and O–H groups in total. The van der Waals surface area contributed by atoms with E-state index in [0.717, 1.165) is 22.3 Å². The number of hydrogen-bond acceptors (Lipinski definition) is 3. The molecule has 6 rings (SSSR count). The van der Waals surface area contributed by atoms with Crippen LogP contribution in [0.4, 0.5) is 22.0 Å². The number of carbonyl (C=O) groups is 1. The summed E-state index contributed by atoms with van der Waals surface area (Å²) in [5.41, 5.74) is -0.994. The number of benzene rings is 1. The summed E-state index contributed by atoms with van der Waals surface area (Å²) in [4.78, 5) is 16.4. The number of hydrogen-bond donors (Lipinski definition) is 1. The number of allylic oxidation sites excluding steroid dienone is 1. The van der Waals surface area contributed by atoms with E-state index in [2.05, 4.69) is 4.98 Å². The van der Waals surface area contributed by atoms with Crippen LogP contribution in [-0.2, 0) is 4.79 Å². The van der Waals surface area contributed by atoms with Crippen LogP contribution in [0.25, 0.3) is 11.1 Å². The number of pyridine rings is 1. The molecule has 1 heterocycles. The highest BCUT2D eigenvalue weighted by atomic mass is 19.4. The third-order valence-electron chi connectivity index (χ3n) is 10.7. The molecular weight excluding hydrogens is 513 g/mol. The molecule has 0 bridgehead atoms. The van der Waals surface area contributed by atoms with E-state index in [1.165, 1.54) is 6.92 Å². The molecule has 208 valence electrons. The standard InChI is InChI=1S/C31H32F5NO2/c1-28-16-25(19-6-4-18(5-7-19)21-3-2-14-37-17-21)27-23-11-9-22(38)15-20(23)8-10-24(27)26(28)12-13-29(28,39)30(32,33)31(34,35)36/h2-7,14-15,17,23-27,39H,8-13,16H2,1H3/t23-,24-,25?,26-,27+,28-,29?/m0/s1. The summed E-state index contributed by atoms with van der Waals surface area (Å²) in [5.74, 6) is -5.91. The lowest BCUT2D eigenvalue weighted by atomic mass is 9.46. The first-order valence-electron chi connectivity index (χ1n) is 13.8. The van der Waals surface area contributed by atoms with Crippen molar-refractivity contribution in [2.24, 2.45) is 29.1 Å². The van der Waals surface area contributed by atoms with Crippen LogP contribution < -0.4 is 0 Å². The largest absolute Gasteiger partial charge is 0.456 e. The van der Waals surface area contributed by atoms with Crippen LogP contribution in [0.15, 0.2) is 60.4 Å². The number of alkyl halides is 5. The lowest BCUT2D eigenvalue weighted by molar-refractivity contribution is -0.364. The molecule has 3 nitrogen and oxygen atoms in total. The fourth-order valence-corrected chi connectivity index (χ4v) is 8.86. The van der Waals surface area contributed by atoms with E-state index in [4.69, 9.17) is 0 Å². The van der Waals surface area contributed by atoms with Gasteiger partial charge in [-0.3, -0.25) is 9.78 Å². The first-order valence-corrected chi connectivity index (χ1v) is 13.8. The van der Waals surface area contributed by atoms with Gasteiger partial charge in [0.05, 0.1) is 0 Å². The van der Waals surface area contributed by atoms with Crippen molar-refractivity contribution in [3.63, 3.8) is 0 Å². The average molecular weight is 546 g/mol.